The molecule has 2 atom stereocenters. The molecule has 1 aromatic heterocycles. The highest BCUT2D eigenvalue weighted by atomic mass is 79.9. The first-order chi connectivity index (χ1) is 9.25. The zero-order chi connectivity index (χ0) is 13.5. The molecule has 1 N–H and O–H groups in total. The van der Waals surface area contributed by atoms with Crippen molar-refractivity contribution in [3.8, 4) is 0 Å². The van der Waals surface area contributed by atoms with E-state index in [1.54, 1.807) is 11.3 Å². The fourth-order valence-corrected chi connectivity index (χ4v) is 3.60. The third-order valence-electron chi connectivity index (χ3n) is 3.26. The van der Waals surface area contributed by atoms with Crippen LogP contribution in [0.25, 0.3) is 0 Å². The maximum Gasteiger partial charge on any atom is 0.0809 e. The summed E-state index contributed by atoms with van der Waals surface area (Å²) in [5.74, 6) is 0. The lowest BCUT2D eigenvalue weighted by atomic mass is 10.2. The van der Waals surface area contributed by atoms with Crippen LogP contribution in [-0.4, -0.2) is 32.5 Å². The van der Waals surface area contributed by atoms with E-state index in [2.05, 4.69) is 40.3 Å². The molecule has 0 saturated carbocycles. The Balaban J connectivity index is 1.49. The van der Waals surface area contributed by atoms with Gasteiger partial charge in [0.25, 0.3) is 0 Å². The standard InChI is InChI=1S/C14H22BrNO2S/c1-11(13-5-6-14(15)19-13)16-7-3-8-17-10-12-4-2-9-18-12/h5-6,11-12,16H,2-4,7-10H2,1H3. The summed E-state index contributed by atoms with van der Waals surface area (Å²) in [5.41, 5.74) is 0. The maximum absolute atomic E-state index is 5.64. The Morgan fingerprint density at radius 3 is 3.16 bits per heavy atom. The number of hydrogen-bond donors (Lipinski definition) is 1. The van der Waals surface area contributed by atoms with E-state index in [-0.39, 0.29) is 0 Å². The van der Waals surface area contributed by atoms with Gasteiger partial charge in [0.1, 0.15) is 0 Å². The van der Waals surface area contributed by atoms with Crippen molar-refractivity contribution >= 4 is 27.3 Å². The van der Waals surface area contributed by atoms with Gasteiger partial charge in [-0.1, -0.05) is 0 Å². The van der Waals surface area contributed by atoms with Crippen LogP contribution in [0.15, 0.2) is 15.9 Å². The van der Waals surface area contributed by atoms with Crippen molar-refractivity contribution in [1.29, 1.82) is 0 Å². The molecule has 0 aliphatic carbocycles. The summed E-state index contributed by atoms with van der Waals surface area (Å²) in [6, 6.07) is 4.68. The molecule has 19 heavy (non-hydrogen) atoms. The molecule has 1 aliphatic rings. The van der Waals surface area contributed by atoms with Crippen molar-refractivity contribution in [3.05, 3.63) is 20.8 Å². The number of hydrogen-bond acceptors (Lipinski definition) is 4. The van der Waals surface area contributed by atoms with E-state index in [4.69, 9.17) is 9.47 Å². The summed E-state index contributed by atoms with van der Waals surface area (Å²) in [7, 11) is 0. The number of halogens is 1. The highest BCUT2D eigenvalue weighted by molar-refractivity contribution is 9.11. The molecular weight excluding hydrogens is 326 g/mol. The highest BCUT2D eigenvalue weighted by Gasteiger charge is 2.14. The molecule has 1 saturated heterocycles. The van der Waals surface area contributed by atoms with E-state index in [0.717, 1.165) is 39.2 Å². The number of thiophene rings is 1. The van der Waals surface area contributed by atoms with Gasteiger partial charge in [-0.3, -0.25) is 0 Å². The minimum Gasteiger partial charge on any atom is -0.379 e. The Bertz CT molecular complexity index is 366. The Hall–Kier alpha value is 0.0600. The van der Waals surface area contributed by atoms with E-state index >= 15 is 0 Å². The fourth-order valence-electron chi connectivity index (χ4n) is 2.14. The molecule has 2 heterocycles. The first-order valence-corrected chi connectivity index (χ1v) is 8.54. The summed E-state index contributed by atoms with van der Waals surface area (Å²) < 4.78 is 12.3. The number of nitrogens with one attached hydrogen (secondary N) is 1. The zero-order valence-corrected chi connectivity index (χ0v) is 13.8. The highest BCUT2D eigenvalue weighted by Crippen LogP contribution is 2.26. The van der Waals surface area contributed by atoms with Gasteiger partial charge in [0.2, 0.25) is 0 Å². The van der Waals surface area contributed by atoms with E-state index in [1.807, 2.05) is 0 Å². The molecular formula is C14H22BrNO2S. The average Bonchev–Trinajstić information content (AvgIpc) is 3.04. The lowest BCUT2D eigenvalue weighted by Crippen LogP contribution is -2.21. The lowest BCUT2D eigenvalue weighted by Gasteiger charge is -2.13. The molecule has 2 unspecified atom stereocenters. The molecule has 0 amide bonds. The second-order valence-electron chi connectivity index (χ2n) is 4.88. The van der Waals surface area contributed by atoms with Crippen LogP contribution in [0.2, 0.25) is 0 Å². The molecule has 0 spiro atoms. The van der Waals surface area contributed by atoms with Crippen LogP contribution in [0, 0.1) is 0 Å². The third kappa shape index (κ3) is 5.52. The Kier molecular flexibility index (Phi) is 6.81. The summed E-state index contributed by atoms with van der Waals surface area (Å²) in [6.07, 6.45) is 3.73. The molecule has 1 aromatic rings. The largest absolute Gasteiger partial charge is 0.379 e. The Morgan fingerprint density at radius 2 is 2.47 bits per heavy atom. The van der Waals surface area contributed by atoms with E-state index in [0.29, 0.717) is 12.1 Å². The van der Waals surface area contributed by atoms with Crippen LogP contribution < -0.4 is 5.32 Å². The molecule has 2 rings (SSSR count). The predicted octanol–water partition coefficient (Wildman–Crippen LogP) is 3.75. The summed E-state index contributed by atoms with van der Waals surface area (Å²) in [4.78, 5) is 1.37. The van der Waals surface area contributed by atoms with Crippen molar-refractivity contribution in [2.75, 3.05) is 26.4 Å². The van der Waals surface area contributed by atoms with E-state index < -0.39 is 0 Å². The fraction of sp³-hybridized carbons (Fsp3) is 0.714. The van der Waals surface area contributed by atoms with Crippen LogP contribution in [-0.2, 0) is 9.47 Å². The van der Waals surface area contributed by atoms with Crippen LogP contribution in [0.3, 0.4) is 0 Å². The van der Waals surface area contributed by atoms with Crippen LogP contribution >= 0.6 is 27.3 Å². The molecule has 3 nitrogen and oxygen atoms in total. The smallest absolute Gasteiger partial charge is 0.0809 e. The molecule has 0 bridgehead atoms. The van der Waals surface area contributed by atoms with Gasteiger partial charge in [0.15, 0.2) is 0 Å². The number of ether oxygens (including phenoxy) is 2. The van der Waals surface area contributed by atoms with Crippen molar-refractivity contribution in [2.24, 2.45) is 0 Å². The first-order valence-electron chi connectivity index (χ1n) is 6.93. The van der Waals surface area contributed by atoms with Gasteiger partial charge in [-0.05, 0) is 60.8 Å². The van der Waals surface area contributed by atoms with Crippen LogP contribution in [0.1, 0.15) is 37.1 Å². The summed E-state index contributed by atoms with van der Waals surface area (Å²) in [5, 5.41) is 3.52. The van der Waals surface area contributed by atoms with E-state index in [1.165, 1.54) is 15.1 Å². The van der Waals surface area contributed by atoms with Gasteiger partial charge < -0.3 is 14.8 Å². The van der Waals surface area contributed by atoms with Gasteiger partial charge in [0, 0.05) is 24.1 Å². The van der Waals surface area contributed by atoms with Crippen LogP contribution in [0.4, 0.5) is 0 Å². The minimum atomic E-state index is 0.343. The third-order valence-corrected chi connectivity index (χ3v) is 5.07. The monoisotopic (exact) mass is 347 g/mol. The minimum absolute atomic E-state index is 0.343. The average molecular weight is 348 g/mol. The SMILES string of the molecule is CC(NCCCOCC1CCCO1)c1ccc(Br)s1. The summed E-state index contributed by atoms with van der Waals surface area (Å²) in [6.45, 7) is 5.66. The summed E-state index contributed by atoms with van der Waals surface area (Å²) >= 11 is 5.28. The molecule has 0 radical (unpaired) electrons. The Morgan fingerprint density at radius 1 is 1.58 bits per heavy atom. The predicted molar refractivity (Wildman–Crippen MR) is 82.8 cm³/mol. The van der Waals surface area contributed by atoms with Gasteiger partial charge in [0.05, 0.1) is 16.5 Å². The van der Waals surface area contributed by atoms with Crippen LogP contribution in [0.5, 0.6) is 0 Å². The van der Waals surface area contributed by atoms with Crippen molar-refractivity contribution in [1.82, 2.24) is 5.32 Å². The van der Waals surface area contributed by atoms with E-state index in [9.17, 15) is 0 Å². The maximum atomic E-state index is 5.64. The molecule has 1 aliphatic heterocycles. The second kappa shape index (κ2) is 8.37. The molecule has 5 heteroatoms. The quantitative estimate of drug-likeness (QED) is 0.726. The Labute approximate surface area is 127 Å². The normalized spacial score (nSPS) is 20.8. The van der Waals surface area contributed by atoms with Crippen molar-refractivity contribution < 1.29 is 9.47 Å². The van der Waals surface area contributed by atoms with Crippen molar-refractivity contribution in [2.45, 2.75) is 38.3 Å². The number of rotatable bonds is 8. The molecule has 108 valence electrons. The van der Waals surface area contributed by atoms with Gasteiger partial charge in [-0.25, -0.2) is 0 Å². The second-order valence-corrected chi connectivity index (χ2v) is 7.38. The van der Waals surface area contributed by atoms with Gasteiger partial charge in [-0.2, -0.15) is 0 Å². The topological polar surface area (TPSA) is 30.5 Å². The molecule has 1 fully saturated rings. The van der Waals surface area contributed by atoms with Gasteiger partial charge >= 0.3 is 0 Å². The molecule has 0 aromatic carbocycles. The first kappa shape index (κ1) is 15.4. The van der Waals surface area contributed by atoms with Gasteiger partial charge in [-0.15, -0.1) is 11.3 Å². The lowest BCUT2D eigenvalue weighted by molar-refractivity contribution is 0.0165. The zero-order valence-electron chi connectivity index (χ0n) is 11.4. The van der Waals surface area contributed by atoms with Crippen molar-refractivity contribution in [3.63, 3.8) is 0 Å².